The highest BCUT2D eigenvalue weighted by Crippen LogP contribution is 2.34. The number of likely N-dealkylation sites (N-methyl/N-ethyl adjacent to an activating group) is 1. The van der Waals surface area contributed by atoms with Crippen LogP contribution in [0.2, 0.25) is 0 Å². The zero-order chi connectivity index (χ0) is 26.8. The van der Waals surface area contributed by atoms with E-state index in [2.05, 4.69) is 10.3 Å². The summed E-state index contributed by atoms with van der Waals surface area (Å²) in [6, 6.07) is 5.02. The van der Waals surface area contributed by atoms with E-state index >= 15 is 0 Å². The molecule has 0 bridgehead atoms. The van der Waals surface area contributed by atoms with Gasteiger partial charge in [0.25, 0.3) is 5.91 Å². The summed E-state index contributed by atoms with van der Waals surface area (Å²) >= 11 is 0. The molecule has 2 amide bonds. The number of hydroxylamine groups is 2. The number of hydrogen-bond donors (Lipinski definition) is 0. The molecule has 11 nitrogen and oxygen atoms in total. The molecule has 1 heterocycles. The number of carbonyl (C=O) groups excluding carboxylic acids is 3. The van der Waals surface area contributed by atoms with Crippen LogP contribution in [0.4, 0.5) is 14.0 Å². The molecule has 0 radical (unpaired) electrons. The maximum atomic E-state index is 13.7. The van der Waals surface area contributed by atoms with Gasteiger partial charge in [0.15, 0.2) is 0 Å². The molecule has 1 aliphatic heterocycles. The molecule has 0 saturated heterocycles. The van der Waals surface area contributed by atoms with Crippen LogP contribution in [0.5, 0.6) is 0 Å². The van der Waals surface area contributed by atoms with Crippen molar-refractivity contribution >= 4 is 29.6 Å². The van der Waals surface area contributed by atoms with Gasteiger partial charge in [0, 0.05) is 12.6 Å². The Labute approximate surface area is 203 Å². The van der Waals surface area contributed by atoms with Crippen LogP contribution in [-0.2, 0) is 23.9 Å². The average molecular weight is 495 g/mol. The Morgan fingerprint density at radius 2 is 1.60 bits per heavy atom. The third-order valence-electron chi connectivity index (χ3n) is 4.48. The van der Waals surface area contributed by atoms with Gasteiger partial charge in [0.1, 0.15) is 29.8 Å². The molecule has 1 unspecified atom stereocenters. The van der Waals surface area contributed by atoms with Crippen molar-refractivity contribution in [2.45, 2.75) is 65.2 Å². The van der Waals surface area contributed by atoms with Crippen molar-refractivity contribution in [3.05, 3.63) is 35.6 Å². The minimum atomic E-state index is -2.26. The molecule has 0 saturated carbocycles. The summed E-state index contributed by atoms with van der Waals surface area (Å²) in [6.07, 6.45) is -2.48. The highest BCUT2D eigenvalue weighted by Gasteiger charge is 2.63. The monoisotopic (exact) mass is 494 g/mol. The van der Waals surface area contributed by atoms with Gasteiger partial charge in [0.05, 0.1) is 5.71 Å². The number of hydrazone groups is 1. The minimum Gasteiger partial charge on any atom is -0.442 e. The van der Waals surface area contributed by atoms with Crippen molar-refractivity contribution in [1.82, 2.24) is 10.1 Å². The van der Waals surface area contributed by atoms with Crippen LogP contribution in [0.25, 0.3) is 0 Å². The first-order chi connectivity index (χ1) is 16.0. The van der Waals surface area contributed by atoms with E-state index in [1.54, 1.807) is 41.5 Å². The van der Waals surface area contributed by atoms with E-state index in [4.69, 9.17) is 19.1 Å². The molecule has 1 aliphatic rings. The second-order valence-corrected chi connectivity index (χ2v) is 9.68. The SMILES string of the molecule is CON=C(C)C1(N(OC(=O)OC(C)(C)C)C(=O)OC(C)(C)C)C(=O)N(C)N=C1c1ccc(F)cc1. The maximum Gasteiger partial charge on any atom is 0.534 e. The summed E-state index contributed by atoms with van der Waals surface area (Å²) in [7, 11) is 2.58. The summed E-state index contributed by atoms with van der Waals surface area (Å²) in [6.45, 7) is 11.0. The maximum absolute atomic E-state index is 13.7. The molecule has 1 aromatic rings. The normalized spacial score (nSPS) is 18.7. The fraction of sp³-hybridized carbons (Fsp3) is 0.522. The second-order valence-electron chi connectivity index (χ2n) is 9.68. The fourth-order valence-corrected chi connectivity index (χ4v) is 3.23. The van der Waals surface area contributed by atoms with Gasteiger partial charge in [-0.25, -0.2) is 19.0 Å². The topological polar surface area (TPSA) is 119 Å². The lowest BCUT2D eigenvalue weighted by Crippen LogP contribution is -2.66. The molecular weight excluding hydrogens is 463 g/mol. The minimum absolute atomic E-state index is 0.0854. The summed E-state index contributed by atoms with van der Waals surface area (Å²) < 4.78 is 24.3. The summed E-state index contributed by atoms with van der Waals surface area (Å²) in [5.41, 5.74) is -4.24. The first-order valence-electron chi connectivity index (χ1n) is 10.7. The largest absolute Gasteiger partial charge is 0.534 e. The van der Waals surface area contributed by atoms with Crippen LogP contribution in [0.1, 0.15) is 54.0 Å². The Bertz CT molecular complexity index is 1040. The van der Waals surface area contributed by atoms with Crippen LogP contribution in [-0.4, -0.2) is 70.5 Å². The number of amides is 2. The number of rotatable bonds is 4. The molecule has 0 aliphatic carbocycles. The third-order valence-corrected chi connectivity index (χ3v) is 4.48. The molecule has 0 aromatic heterocycles. The number of ether oxygens (including phenoxy) is 2. The lowest BCUT2D eigenvalue weighted by Gasteiger charge is -2.37. The number of nitrogens with zero attached hydrogens (tertiary/aromatic N) is 4. The van der Waals surface area contributed by atoms with Crippen LogP contribution in [0, 0.1) is 5.82 Å². The zero-order valence-corrected chi connectivity index (χ0v) is 21.3. The molecule has 1 aromatic carbocycles. The Balaban J connectivity index is 2.82. The van der Waals surface area contributed by atoms with Gasteiger partial charge in [-0.3, -0.25) is 9.63 Å². The van der Waals surface area contributed by atoms with Crippen molar-refractivity contribution in [3.63, 3.8) is 0 Å². The Hall–Kier alpha value is -3.70. The van der Waals surface area contributed by atoms with Crippen molar-refractivity contribution in [1.29, 1.82) is 0 Å². The Morgan fingerprint density at radius 1 is 1.06 bits per heavy atom. The third kappa shape index (κ3) is 6.06. The van der Waals surface area contributed by atoms with Gasteiger partial charge >= 0.3 is 12.2 Å². The Kier molecular flexibility index (Phi) is 7.78. The van der Waals surface area contributed by atoms with Crippen LogP contribution in [0.3, 0.4) is 0 Å². The predicted octanol–water partition coefficient (Wildman–Crippen LogP) is 3.87. The number of hydrogen-bond acceptors (Lipinski definition) is 9. The van der Waals surface area contributed by atoms with E-state index in [0.717, 1.165) is 17.1 Å². The predicted molar refractivity (Wildman–Crippen MR) is 124 cm³/mol. The summed E-state index contributed by atoms with van der Waals surface area (Å²) in [4.78, 5) is 50.1. The standard InChI is InChI=1S/C23H31FN4O7/c1-14(26-32-9)23(17(25-27(8)18(23)29)15-10-12-16(24)13-11-15)28(19(30)33-21(2,3)4)35-20(31)34-22(5,6)7/h10-13H,1-9H3. The van der Waals surface area contributed by atoms with Crippen molar-refractivity contribution in [2.75, 3.05) is 14.2 Å². The molecule has 192 valence electrons. The molecule has 1 atom stereocenters. The molecule has 0 N–H and O–H groups in total. The number of benzene rings is 1. The van der Waals surface area contributed by atoms with Crippen LogP contribution < -0.4 is 0 Å². The van der Waals surface area contributed by atoms with Crippen LogP contribution in [0.15, 0.2) is 34.5 Å². The van der Waals surface area contributed by atoms with Gasteiger partial charge in [-0.2, -0.15) is 5.10 Å². The van der Waals surface area contributed by atoms with E-state index < -0.39 is 40.7 Å². The lowest BCUT2D eigenvalue weighted by molar-refractivity contribution is -0.169. The zero-order valence-electron chi connectivity index (χ0n) is 21.3. The number of oxime groups is 1. The quantitative estimate of drug-likeness (QED) is 0.354. The van der Waals surface area contributed by atoms with Gasteiger partial charge in [-0.15, -0.1) is 5.06 Å². The van der Waals surface area contributed by atoms with Crippen molar-refractivity contribution in [3.8, 4) is 0 Å². The first-order valence-corrected chi connectivity index (χ1v) is 10.7. The molecule has 0 fully saturated rings. The van der Waals surface area contributed by atoms with Gasteiger partial charge in [0.2, 0.25) is 5.54 Å². The molecule has 0 spiro atoms. The molecule has 12 heteroatoms. The van der Waals surface area contributed by atoms with E-state index in [-0.39, 0.29) is 17.0 Å². The highest BCUT2D eigenvalue weighted by atomic mass is 19.1. The summed E-state index contributed by atoms with van der Waals surface area (Å²) in [5.74, 6) is -1.35. The highest BCUT2D eigenvalue weighted by molar-refractivity contribution is 6.38. The van der Waals surface area contributed by atoms with E-state index in [9.17, 15) is 18.8 Å². The van der Waals surface area contributed by atoms with E-state index in [1.165, 1.54) is 33.2 Å². The average Bonchev–Trinajstić information content (AvgIpc) is 2.96. The Morgan fingerprint density at radius 3 is 2.09 bits per heavy atom. The molecule has 2 rings (SSSR count). The van der Waals surface area contributed by atoms with Crippen molar-refractivity contribution < 1.29 is 37.9 Å². The molecular formula is C23H31FN4O7. The lowest BCUT2D eigenvalue weighted by atomic mass is 9.84. The first kappa shape index (κ1) is 27.5. The van der Waals surface area contributed by atoms with E-state index in [0.29, 0.717) is 5.06 Å². The number of halogens is 1. The smallest absolute Gasteiger partial charge is 0.442 e. The second kappa shape index (κ2) is 9.88. The fourth-order valence-electron chi connectivity index (χ4n) is 3.23. The van der Waals surface area contributed by atoms with Gasteiger partial charge in [-0.05, 0) is 60.6 Å². The molecule has 35 heavy (non-hydrogen) atoms. The van der Waals surface area contributed by atoms with Crippen molar-refractivity contribution in [2.24, 2.45) is 10.3 Å². The number of carbonyl (C=O) groups is 3. The summed E-state index contributed by atoms with van der Waals surface area (Å²) in [5, 5.41) is 9.52. The van der Waals surface area contributed by atoms with Crippen LogP contribution >= 0.6 is 0 Å². The van der Waals surface area contributed by atoms with Gasteiger partial charge < -0.3 is 14.3 Å². The van der Waals surface area contributed by atoms with Gasteiger partial charge in [-0.1, -0.05) is 17.3 Å². The van der Waals surface area contributed by atoms with E-state index in [1.807, 2.05) is 0 Å².